The van der Waals surface area contributed by atoms with Gasteiger partial charge in [0.2, 0.25) is 0 Å². The predicted molar refractivity (Wildman–Crippen MR) is 179 cm³/mol. The van der Waals surface area contributed by atoms with Crippen LogP contribution in [-0.2, 0) is 0 Å². The van der Waals surface area contributed by atoms with Crippen molar-refractivity contribution in [3.63, 3.8) is 0 Å². The number of furan rings is 1. The highest BCUT2D eigenvalue weighted by molar-refractivity contribution is 6.23. The number of rotatable bonds is 4. The van der Waals surface area contributed by atoms with Crippen molar-refractivity contribution in [2.75, 3.05) is 0 Å². The summed E-state index contributed by atoms with van der Waals surface area (Å²) in [4.78, 5) is 3.36. The van der Waals surface area contributed by atoms with Gasteiger partial charge in [-0.2, -0.15) is 0 Å². The van der Waals surface area contributed by atoms with Gasteiger partial charge in [-0.1, -0.05) is 133 Å². The molecule has 7 aromatic carbocycles. The van der Waals surface area contributed by atoms with Gasteiger partial charge in [0.05, 0.1) is 34.7 Å². The zero-order valence-electron chi connectivity index (χ0n) is 39.0. The standard InChI is InChI=1S/C41H25NO/c1-42-32-22-19-29(20-23-32)31-21-24-33-38(26-43-39(33)25-31)41-36-13-7-5-11-34(36)40(35-12-6-8-14-37(35)41)30-17-15-28(16-18-30)27-9-3-2-4-10-27/h2-26H/i2D,3D,4D,5D,6D,7D,8D,9D,10D,11D,12D,13D,14D,21D,24D,25D,26D. The molecular weight excluding hydrogens is 522 g/mol. The van der Waals surface area contributed by atoms with E-state index in [1.165, 1.54) is 48.5 Å². The first-order valence-corrected chi connectivity index (χ1v) is 13.0. The average molecular weight is 565 g/mol. The third-order valence-electron chi connectivity index (χ3n) is 7.16. The van der Waals surface area contributed by atoms with Crippen molar-refractivity contribution in [1.82, 2.24) is 0 Å². The molecule has 43 heavy (non-hydrogen) atoms. The molecule has 200 valence electrons. The van der Waals surface area contributed by atoms with E-state index in [0.717, 1.165) is 0 Å². The molecule has 8 aromatic rings. The zero-order valence-corrected chi connectivity index (χ0v) is 22.0. The van der Waals surface area contributed by atoms with Crippen molar-refractivity contribution in [1.29, 1.82) is 0 Å². The molecule has 0 aliphatic heterocycles. The Kier molecular flexibility index (Phi) is 3.06. The second-order valence-electron chi connectivity index (χ2n) is 9.52. The van der Waals surface area contributed by atoms with Crippen LogP contribution in [0.4, 0.5) is 5.69 Å². The topological polar surface area (TPSA) is 17.5 Å². The summed E-state index contributed by atoms with van der Waals surface area (Å²) in [5.74, 6) is 0. The number of hydrogen-bond acceptors (Lipinski definition) is 1. The van der Waals surface area contributed by atoms with Crippen LogP contribution in [0.2, 0.25) is 0 Å². The molecule has 1 heterocycles. The van der Waals surface area contributed by atoms with Crippen LogP contribution in [0.1, 0.15) is 23.3 Å². The van der Waals surface area contributed by atoms with Crippen molar-refractivity contribution in [2.45, 2.75) is 0 Å². The number of hydrogen-bond donors (Lipinski definition) is 0. The van der Waals surface area contributed by atoms with Crippen molar-refractivity contribution in [2.24, 2.45) is 0 Å². The van der Waals surface area contributed by atoms with Crippen LogP contribution < -0.4 is 0 Å². The second kappa shape index (κ2) is 10.2. The Labute approximate surface area is 273 Å². The van der Waals surface area contributed by atoms with E-state index in [1.807, 2.05) is 0 Å². The number of benzene rings is 7. The van der Waals surface area contributed by atoms with Gasteiger partial charge in [-0.3, -0.25) is 0 Å². The van der Waals surface area contributed by atoms with E-state index < -0.39 is 103 Å². The van der Waals surface area contributed by atoms with E-state index in [4.69, 9.17) is 27.4 Å². The van der Waals surface area contributed by atoms with E-state index in [2.05, 4.69) is 4.85 Å². The SMILES string of the molecule is [2H]c1oc2c([2H])c(-c3ccc([N+]#[C-])cc3)c([2H])c([2H])c2c1-c1c2c([2H])c([2H])c([2H])c([2H])c2c(-c2ccc(-c3c([2H])c([2H])c([2H])c([2H])c3[2H])cc2)c2c([2H])c([2H])c([2H])c([2H])c12. The minimum Gasteiger partial charge on any atom is -0.464 e. The van der Waals surface area contributed by atoms with Crippen molar-refractivity contribution in [3.05, 3.63) is 163 Å². The van der Waals surface area contributed by atoms with Gasteiger partial charge >= 0.3 is 0 Å². The van der Waals surface area contributed by atoms with Gasteiger partial charge in [-0.25, -0.2) is 4.85 Å². The molecule has 0 fully saturated rings. The highest BCUT2D eigenvalue weighted by atomic mass is 16.3. The van der Waals surface area contributed by atoms with Crippen LogP contribution in [0, 0.1) is 6.57 Å². The fourth-order valence-electron chi connectivity index (χ4n) is 5.18. The van der Waals surface area contributed by atoms with Gasteiger partial charge in [-0.15, -0.1) is 0 Å². The molecule has 0 aliphatic carbocycles. The van der Waals surface area contributed by atoms with Gasteiger partial charge in [0.1, 0.15) is 6.95 Å². The Morgan fingerprint density at radius 2 is 1.02 bits per heavy atom. The average Bonchev–Trinajstić information content (AvgIpc) is 3.60. The van der Waals surface area contributed by atoms with Gasteiger partial charge < -0.3 is 4.42 Å². The lowest BCUT2D eigenvalue weighted by Gasteiger charge is -2.17. The summed E-state index contributed by atoms with van der Waals surface area (Å²) in [6, 6.07) is 2.15. The molecule has 2 nitrogen and oxygen atoms in total. The Balaban J connectivity index is 1.55. The lowest BCUT2D eigenvalue weighted by Crippen LogP contribution is -1.90. The van der Waals surface area contributed by atoms with E-state index >= 15 is 0 Å². The summed E-state index contributed by atoms with van der Waals surface area (Å²) < 4.78 is 155. The molecule has 0 aliphatic rings. The molecule has 0 bridgehead atoms. The predicted octanol–water partition coefficient (Wildman–Crippen LogP) is 12.0. The minimum absolute atomic E-state index is 0.0507. The van der Waals surface area contributed by atoms with E-state index in [9.17, 15) is 6.85 Å². The third kappa shape index (κ3) is 4.19. The van der Waals surface area contributed by atoms with Gasteiger partial charge in [-0.05, 0) is 67.0 Å². The van der Waals surface area contributed by atoms with Crippen LogP contribution in [0.3, 0.4) is 0 Å². The molecule has 0 N–H and O–H groups in total. The van der Waals surface area contributed by atoms with E-state index in [1.54, 1.807) is 0 Å². The molecule has 0 spiro atoms. The summed E-state index contributed by atoms with van der Waals surface area (Å²) in [6.45, 7) is 7.27. The lowest BCUT2D eigenvalue weighted by molar-refractivity contribution is 0.617. The molecule has 0 atom stereocenters. The Bertz CT molecular complexity index is 3170. The van der Waals surface area contributed by atoms with Crippen LogP contribution in [0.5, 0.6) is 0 Å². The molecule has 2 heteroatoms. The van der Waals surface area contributed by atoms with Crippen LogP contribution in [0.15, 0.2) is 156 Å². The molecule has 0 saturated heterocycles. The number of nitrogens with zero attached hydrogens (tertiary/aromatic N) is 1. The molecule has 8 rings (SSSR count). The van der Waals surface area contributed by atoms with Gasteiger partial charge in [0.25, 0.3) is 0 Å². The van der Waals surface area contributed by atoms with E-state index in [0.29, 0.717) is 11.3 Å². The van der Waals surface area contributed by atoms with Gasteiger partial charge in [0.15, 0.2) is 5.69 Å². The maximum Gasteiger partial charge on any atom is 0.187 e. The van der Waals surface area contributed by atoms with Crippen molar-refractivity contribution >= 4 is 38.2 Å². The quantitative estimate of drug-likeness (QED) is 0.153. The minimum atomic E-state index is -0.727. The fraction of sp³-hybridized carbons (Fsp3) is 0. The molecule has 1 aromatic heterocycles. The summed E-state index contributed by atoms with van der Waals surface area (Å²) in [7, 11) is 0. The largest absolute Gasteiger partial charge is 0.464 e. The third-order valence-corrected chi connectivity index (χ3v) is 7.16. The maximum atomic E-state index is 9.26. The van der Waals surface area contributed by atoms with Crippen molar-refractivity contribution in [3.8, 4) is 44.5 Å². The smallest absolute Gasteiger partial charge is 0.187 e. The first kappa shape index (κ1) is 12.9. The maximum absolute atomic E-state index is 9.26. The molecular formula is C41H25NO. The summed E-state index contributed by atoms with van der Waals surface area (Å²) in [6.07, 6.45) is -0.718. The van der Waals surface area contributed by atoms with Crippen LogP contribution in [-0.4, -0.2) is 0 Å². The molecule has 0 saturated carbocycles. The first-order valence-electron chi connectivity index (χ1n) is 21.5. The number of fused-ring (bicyclic) bond motifs is 3. The monoisotopic (exact) mass is 564 g/mol. The molecule has 0 amide bonds. The fourth-order valence-corrected chi connectivity index (χ4v) is 5.18. The summed E-state index contributed by atoms with van der Waals surface area (Å²) in [5.41, 5.74) is -0.304. The Morgan fingerprint density at radius 3 is 1.65 bits per heavy atom. The molecule has 0 radical (unpaired) electrons. The molecule has 0 unspecified atom stereocenters. The van der Waals surface area contributed by atoms with Gasteiger partial charge in [0, 0.05) is 16.5 Å². The Hall–Kier alpha value is -5.91. The summed E-state index contributed by atoms with van der Waals surface area (Å²) in [5, 5.41) is -1.38. The lowest BCUT2D eigenvalue weighted by atomic mass is 9.85. The van der Waals surface area contributed by atoms with Crippen LogP contribution >= 0.6 is 0 Å². The first-order chi connectivity index (χ1) is 28.3. The van der Waals surface area contributed by atoms with Crippen LogP contribution in [0.25, 0.3) is 81.9 Å². The van der Waals surface area contributed by atoms with E-state index in [-0.39, 0.29) is 71.5 Å². The second-order valence-corrected chi connectivity index (χ2v) is 9.52. The zero-order chi connectivity index (χ0) is 43.5. The Morgan fingerprint density at radius 1 is 0.488 bits per heavy atom. The highest BCUT2D eigenvalue weighted by Crippen LogP contribution is 2.46. The summed E-state index contributed by atoms with van der Waals surface area (Å²) >= 11 is 0. The highest BCUT2D eigenvalue weighted by Gasteiger charge is 2.19. The van der Waals surface area contributed by atoms with Crippen molar-refractivity contribution < 1.29 is 27.7 Å². The normalized spacial score (nSPS) is 16.8.